The average Bonchev–Trinajstić information content (AvgIpc) is 2.06. The Morgan fingerprint density at radius 2 is 1.75 bits per heavy atom. The number of rotatable bonds is 2. The molecule has 0 N–H and O–H groups in total. The van der Waals surface area contributed by atoms with E-state index in [1.807, 2.05) is 0 Å². The molecule has 7 heteroatoms. The molecule has 12 heavy (non-hydrogen) atoms. The van der Waals surface area contributed by atoms with E-state index >= 15 is 0 Å². The Kier molecular flexibility index (Phi) is 2.97. The van der Waals surface area contributed by atoms with E-state index in [4.69, 9.17) is 4.74 Å². The predicted molar refractivity (Wildman–Crippen MR) is 37.3 cm³/mol. The fourth-order valence-corrected chi connectivity index (χ4v) is 1.80. The second-order valence-electron chi connectivity index (χ2n) is 2.32. The lowest BCUT2D eigenvalue weighted by molar-refractivity contribution is 0.0692. The second-order valence-corrected chi connectivity index (χ2v) is 4.22. The molecule has 0 bridgehead atoms. The summed E-state index contributed by atoms with van der Waals surface area (Å²) in [5.41, 5.74) is 0. The van der Waals surface area contributed by atoms with Gasteiger partial charge in [-0.05, 0) is 0 Å². The number of alkyl halides is 2. The lowest BCUT2D eigenvalue weighted by Gasteiger charge is -2.25. The van der Waals surface area contributed by atoms with Crippen LogP contribution in [0.15, 0.2) is 0 Å². The van der Waals surface area contributed by atoms with E-state index in [-0.39, 0.29) is 26.3 Å². The molecule has 0 spiro atoms. The molecule has 0 atom stereocenters. The lowest BCUT2D eigenvalue weighted by Crippen LogP contribution is -2.43. The largest absolute Gasteiger partial charge is 0.379 e. The zero-order valence-corrected chi connectivity index (χ0v) is 7.06. The summed E-state index contributed by atoms with van der Waals surface area (Å²) in [7, 11) is -4.38. The third kappa shape index (κ3) is 1.90. The highest BCUT2D eigenvalue weighted by atomic mass is 32.2. The minimum absolute atomic E-state index is 0.0205. The Bertz CT molecular complexity index is 235. The van der Waals surface area contributed by atoms with Gasteiger partial charge in [0.2, 0.25) is 0 Å². The molecule has 0 saturated carbocycles. The van der Waals surface area contributed by atoms with Crippen molar-refractivity contribution in [2.75, 3.05) is 26.3 Å². The fraction of sp³-hybridized carbons (Fsp3) is 1.00. The molecule has 1 heterocycles. The molecule has 0 aromatic carbocycles. The van der Waals surface area contributed by atoms with E-state index in [1.165, 1.54) is 0 Å². The Hall–Kier alpha value is -0.270. The number of ether oxygens (including phenoxy) is 1. The van der Waals surface area contributed by atoms with Gasteiger partial charge in [-0.1, -0.05) is 0 Å². The highest BCUT2D eigenvalue weighted by Gasteiger charge is 2.32. The molecular formula is C5H9F2NO3S. The maximum absolute atomic E-state index is 11.9. The third-order valence-corrected chi connectivity index (χ3v) is 3.09. The molecule has 0 unspecified atom stereocenters. The highest BCUT2D eigenvalue weighted by molar-refractivity contribution is 7.89. The van der Waals surface area contributed by atoms with Gasteiger partial charge in [0.25, 0.3) is 10.0 Å². The number of hydrogen-bond acceptors (Lipinski definition) is 3. The first kappa shape index (κ1) is 9.82. The summed E-state index contributed by atoms with van der Waals surface area (Å²) >= 11 is 0. The molecule has 1 fully saturated rings. The Morgan fingerprint density at radius 1 is 1.25 bits per heavy atom. The Balaban J connectivity index is 2.67. The zero-order valence-electron chi connectivity index (χ0n) is 6.24. The van der Waals surface area contributed by atoms with Crippen LogP contribution in [0.4, 0.5) is 8.78 Å². The van der Waals surface area contributed by atoms with Gasteiger partial charge in [-0.2, -0.15) is 13.1 Å². The first-order chi connectivity index (χ1) is 5.55. The van der Waals surface area contributed by atoms with E-state index in [0.29, 0.717) is 0 Å². The van der Waals surface area contributed by atoms with Crippen molar-refractivity contribution in [2.24, 2.45) is 0 Å². The summed E-state index contributed by atoms with van der Waals surface area (Å²) in [4.78, 5) is 0. The normalized spacial score (nSPS) is 21.6. The van der Waals surface area contributed by atoms with Crippen LogP contribution in [0.25, 0.3) is 0 Å². The maximum Gasteiger partial charge on any atom is 0.350 e. The summed E-state index contributed by atoms with van der Waals surface area (Å²) in [6.45, 7) is 0.414. The zero-order chi connectivity index (χ0) is 9.19. The van der Waals surface area contributed by atoms with Gasteiger partial charge in [0.15, 0.2) is 0 Å². The van der Waals surface area contributed by atoms with Gasteiger partial charge in [0.1, 0.15) is 0 Å². The minimum Gasteiger partial charge on any atom is -0.379 e. The SMILES string of the molecule is O=S(=O)(C(F)F)N1CCOCC1. The van der Waals surface area contributed by atoms with Crippen LogP contribution >= 0.6 is 0 Å². The van der Waals surface area contributed by atoms with Gasteiger partial charge in [-0.25, -0.2) is 8.42 Å². The minimum atomic E-state index is -4.38. The van der Waals surface area contributed by atoms with E-state index < -0.39 is 15.8 Å². The molecule has 0 aromatic heterocycles. The van der Waals surface area contributed by atoms with Gasteiger partial charge in [0.05, 0.1) is 13.2 Å². The molecule has 0 amide bonds. The van der Waals surface area contributed by atoms with Crippen LogP contribution in [0.3, 0.4) is 0 Å². The number of morpholine rings is 1. The van der Waals surface area contributed by atoms with Crippen molar-refractivity contribution < 1.29 is 21.9 Å². The lowest BCUT2D eigenvalue weighted by atomic mass is 10.5. The summed E-state index contributed by atoms with van der Waals surface area (Å²) in [6, 6.07) is 0. The standard InChI is InChI=1S/C5H9F2NO3S/c6-5(7)12(9,10)8-1-3-11-4-2-8/h5H,1-4H2. The van der Waals surface area contributed by atoms with Crippen molar-refractivity contribution in [3.8, 4) is 0 Å². The van der Waals surface area contributed by atoms with Crippen LogP contribution in [0, 0.1) is 0 Å². The van der Waals surface area contributed by atoms with Crippen LogP contribution in [-0.4, -0.2) is 44.8 Å². The van der Waals surface area contributed by atoms with Crippen LogP contribution in [-0.2, 0) is 14.8 Å². The van der Waals surface area contributed by atoms with Gasteiger partial charge < -0.3 is 4.74 Å². The third-order valence-electron chi connectivity index (χ3n) is 1.56. The molecule has 1 saturated heterocycles. The van der Waals surface area contributed by atoms with Crippen molar-refractivity contribution >= 4 is 10.0 Å². The first-order valence-electron chi connectivity index (χ1n) is 3.40. The maximum atomic E-state index is 11.9. The molecule has 4 nitrogen and oxygen atoms in total. The average molecular weight is 201 g/mol. The predicted octanol–water partition coefficient (Wildman–Crippen LogP) is -0.129. The number of halogens is 2. The molecule has 1 rings (SSSR count). The summed E-state index contributed by atoms with van der Waals surface area (Å²) in [5.74, 6) is -3.32. The van der Waals surface area contributed by atoms with Gasteiger partial charge in [-0.15, -0.1) is 0 Å². The molecular weight excluding hydrogens is 192 g/mol. The molecule has 0 radical (unpaired) electrons. The molecule has 0 aromatic rings. The van der Waals surface area contributed by atoms with Crippen LogP contribution in [0.5, 0.6) is 0 Å². The van der Waals surface area contributed by atoms with Gasteiger partial charge in [0, 0.05) is 13.1 Å². The van der Waals surface area contributed by atoms with Crippen molar-refractivity contribution in [1.29, 1.82) is 0 Å². The summed E-state index contributed by atoms with van der Waals surface area (Å²) in [5, 5.41) is 0. The molecule has 0 aliphatic carbocycles. The smallest absolute Gasteiger partial charge is 0.350 e. The molecule has 72 valence electrons. The van der Waals surface area contributed by atoms with Crippen molar-refractivity contribution in [1.82, 2.24) is 4.31 Å². The van der Waals surface area contributed by atoms with Crippen molar-refractivity contribution in [3.05, 3.63) is 0 Å². The fourth-order valence-electron chi connectivity index (χ4n) is 0.914. The van der Waals surface area contributed by atoms with E-state index in [2.05, 4.69) is 0 Å². The number of hydrogen-bond donors (Lipinski definition) is 0. The topological polar surface area (TPSA) is 46.6 Å². The summed E-state index contributed by atoms with van der Waals surface area (Å²) in [6.07, 6.45) is 0. The number of sulfonamides is 1. The van der Waals surface area contributed by atoms with Crippen molar-refractivity contribution in [3.63, 3.8) is 0 Å². The monoisotopic (exact) mass is 201 g/mol. The van der Waals surface area contributed by atoms with Gasteiger partial charge in [-0.3, -0.25) is 0 Å². The quantitative estimate of drug-likeness (QED) is 0.625. The Labute approximate surface area is 69.2 Å². The number of nitrogens with zero attached hydrogens (tertiary/aromatic N) is 1. The molecule has 1 aliphatic heterocycles. The van der Waals surface area contributed by atoms with E-state index in [0.717, 1.165) is 4.31 Å². The van der Waals surface area contributed by atoms with Crippen molar-refractivity contribution in [2.45, 2.75) is 5.76 Å². The van der Waals surface area contributed by atoms with E-state index in [9.17, 15) is 17.2 Å². The Morgan fingerprint density at radius 3 is 2.17 bits per heavy atom. The van der Waals surface area contributed by atoms with Gasteiger partial charge >= 0.3 is 5.76 Å². The van der Waals surface area contributed by atoms with Crippen LogP contribution in [0.1, 0.15) is 0 Å². The summed E-state index contributed by atoms with van der Waals surface area (Å²) < 4.78 is 51.0. The highest BCUT2D eigenvalue weighted by Crippen LogP contribution is 2.12. The van der Waals surface area contributed by atoms with E-state index in [1.54, 1.807) is 0 Å². The van der Waals surface area contributed by atoms with Crippen LogP contribution < -0.4 is 0 Å². The first-order valence-corrected chi connectivity index (χ1v) is 4.90. The molecule has 1 aliphatic rings. The van der Waals surface area contributed by atoms with Crippen LogP contribution in [0.2, 0.25) is 0 Å². The second kappa shape index (κ2) is 3.63.